The van der Waals surface area contributed by atoms with Crippen molar-refractivity contribution in [2.45, 2.75) is 63.9 Å². The van der Waals surface area contributed by atoms with E-state index in [-0.39, 0.29) is 9.80 Å². The second-order valence-electron chi connectivity index (χ2n) is 5.79. The molecule has 0 aromatic heterocycles. The van der Waals surface area contributed by atoms with Crippen molar-refractivity contribution in [2.75, 3.05) is 0 Å². The molecule has 3 nitrogen and oxygen atoms in total. The van der Waals surface area contributed by atoms with Gasteiger partial charge >= 0.3 is 0 Å². The molecule has 0 spiro atoms. The number of sulfone groups is 1. The number of hydrogen-bond acceptors (Lipinski definition) is 3. The van der Waals surface area contributed by atoms with E-state index in [0.29, 0.717) is 6.42 Å². The number of hydrogen-bond donors (Lipinski definition) is 1. The number of unbranched alkanes of at least 4 members (excludes halogenated alkanes) is 2. The van der Waals surface area contributed by atoms with Crippen LogP contribution in [0.4, 0.5) is 0 Å². The molecular formula is C19H28O3S. The fourth-order valence-corrected chi connectivity index (χ4v) is 3.52. The van der Waals surface area contributed by atoms with Crippen molar-refractivity contribution < 1.29 is 13.5 Å². The van der Waals surface area contributed by atoms with Gasteiger partial charge in [-0.3, -0.25) is 0 Å². The second kappa shape index (κ2) is 9.68. The summed E-state index contributed by atoms with van der Waals surface area (Å²) in [4.78, 5) is 0.441. The van der Waals surface area contributed by atoms with Gasteiger partial charge in [-0.25, -0.2) is 8.42 Å². The highest BCUT2D eigenvalue weighted by Crippen LogP contribution is 2.22. The second-order valence-corrected chi connectivity index (χ2v) is 7.74. The molecule has 0 radical (unpaired) electrons. The summed E-state index contributed by atoms with van der Waals surface area (Å²) in [5, 5.41) is 10.1. The van der Waals surface area contributed by atoms with Crippen LogP contribution in [0.25, 0.3) is 0 Å². The maximum Gasteiger partial charge on any atom is 0.206 e. The van der Waals surface area contributed by atoms with E-state index in [9.17, 15) is 13.5 Å². The third-order valence-electron chi connectivity index (χ3n) is 3.59. The standard InChI is InChI=1S/C19H28O3S/c1-4-6-8-10-19(15-17(20)9-7-5-2)23(21,22)18-13-11-16(3)12-14-18/h8,10-15,17,20H,4-7,9H2,1-3H3/b10-8+,19-15-/t17-/m0/s1. The van der Waals surface area contributed by atoms with Gasteiger partial charge in [0.2, 0.25) is 9.84 Å². The van der Waals surface area contributed by atoms with Crippen molar-refractivity contribution in [3.63, 3.8) is 0 Å². The van der Waals surface area contributed by atoms with Crippen LogP contribution in [-0.2, 0) is 9.84 Å². The fraction of sp³-hybridized carbons (Fsp3) is 0.474. The number of benzene rings is 1. The largest absolute Gasteiger partial charge is 0.389 e. The van der Waals surface area contributed by atoms with Gasteiger partial charge in [-0.2, -0.15) is 0 Å². The number of rotatable bonds is 9. The van der Waals surface area contributed by atoms with Crippen molar-refractivity contribution >= 4 is 9.84 Å². The minimum atomic E-state index is -3.60. The van der Waals surface area contributed by atoms with Crippen LogP contribution in [0.3, 0.4) is 0 Å². The molecule has 1 rings (SSSR count). The lowest BCUT2D eigenvalue weighted by molar-refractivity contribution is 0.209. The highest BCUT2D eigenvalue weighted by Gasteiger charge is 2.19. The first-order chi connectivity index (χ1) is 10.9. The lowest BCUT2D eigenvalue weighted by atomic mass is 10.1. The van der Waals surface area contributed by atoms with Crippen LogP contribution in [-0.4, -0.2) is 19.6 Å². The maximum absolute atomic E-state index is 12.8. The molecule has 0 aliphatic carbocycles. The number of aliphatic hydroxyl groups is 1. The third kappa shape index (κ3) is 6.32. The van der Waals surface area contributed by atoms with Gasteiger partial charge in [0.05, 0.1) is 15.9 Å². The molecule has 23 heavy (non-hydrogen) atoms. The van der Waals surface area contributed by atoms with E-state index in [0.717, 1.165) is 31.2 Å². The van der Waals surface area contributed by atoms with Gasteiger partial charge in [0, 0.05) is 0 Å². The van der Waals surface area contributed by atoms with Crippen LogP contribution in [0.5, 0.6) is 0 Å². The van der Waals surface area contributed by atoms with Crippen LogP contribution in [0.1, 0.15) is 51.5 Å². The van der Waals surface area contributed by atoms with Gasteiger partial charge in [-0.05, 0) is 44.1 Å². The van der Waals surface area contributed by atoms with E-state index in [4.69, 9.17) is 0 Å². The van der Waals surface area contributed by atoms with Gasteiger partial charge in [-0.1, -0.05) is 56.9 Å². The van der Waals surface area contributed by atoms with Crippen LogP contribution in [0.2, 0.25) is 0 Å². The predicted molar refractivity (Wildman–Crippen MR) is 96.0 cm³/mol. The molecule has 128 valence electrons. The molecule has 0 heterocycles. The molecule has 0 amide bonds. The van der Waals surface area contributed by atoms with E-state index in [2.05, 4.69) is 0 Å². The molecule has 0 aliphatic heterocycles. The molecule has 1 aromatic rings. The Morgan fingerprint density at radius 3 is 2.39 bits per heavy atom. The molecule has 0 saturated carbocycles. The fourth-order valence-electron chi connectivity index (χ4n) is 2.14. The Balaban J connectivity index is 3.16. The number of aliphatic hydroxyl groups excluding tert-OH is 1. The van der Waals surface area contributed by atoms with Crippen molar-refractivity contribution in [3.8, 4) is 0 Å². The van der Waals surface area contributed by atoms with Crippen molar-refractivity contribution in [2.24, 2.45) is 0 Å². The molecule has 0 bridgehead atoms. The Kier molecular flexibility index (Phi) is 8.28. The van der Waals surface area contributed by atoms with E-state index in [1.807, 2.05) is 26.8 Å². The lowest BCUT2D eigenvalue weighted by Crippen LogP contribution is -2.09. The normalized spacial score (nSPS) is 14.3. The quantitative estimate of drug-likeness (QED) is 0.673. The van der Waals surface area contributed by atoms with Gasteiger partial charge < -0.3 is 5.11 Å². The lowest BCUT2D eigenvalue weighted by Gasteiger charge is -2.10. The highest BCUT2D eigenvalue weighted by atomic mass is 32.2. The van der Waals surface area contributed by atoms with Crippen molar-refractivity contribution in [1.82, 2.24) is 0 Å². The van der Waals surface area contributed by atoms with Crippen LogP contribution in [0.15, 0.2) is 52.3 Å². The Labute approximate surface area is 140 Å². The molecule has 1 atom stereocenters. The molecule has 4 heteroatoms. The monoisotopic (exact) mass is 336 g/mol. The Bertz CT molecular complexity index is 625. The average Bonchev–Trinajstić information content (AvgIpc) is 2.52. The van der Waals surface area contributed by atoms with Gasteiger partial charge in [-0.15, -0.1) is 0 Å². The Morgan fingerprint density at radius 1 is 1.17 bits per heavy atom. The zero-order chi connectivity index (χ0) is 17.3. The minimum absolute atomic E-state index is 0.179. The first-order valence-corrected chi connectivity index (χ1v) is 9.78. The SMILES string of the molecule is CCC/C=C/C(=C/[C@@H](O)CCCC)S(=O)(=O)c1ccc(C)cc1. The van der Waals surface area contributed by atoms with E-state index in [1.165, 1.54) is 6.08 Å². The summed E-state index contributed by atoms with van der Waals surface area (Å²) < 4.78 is 25.6. The van der Waals surface area contributed by atoms with Crippen LogP contribution < -0.4 is 0 Å². The molecule has 1 aromatic carbocycles. The summed E-state index contributed by atoms with van der Waals surface area (Å²) in [7, 11) is -3.60. The molecule has 1 N–H and O–H groups in total. The van der Waals surface area contributed by atoms with E-state index < -0.39 is 15.9 Å². The Hall–Kier alpha value is -1.39. The molecule has 0 aliphatic rings. The van der Waals surface area contributed by atoms with Crippen LogP contribution >= 0.6 is 0 Å². The molecule has 0 unspecified atom stereocenters. The maximum atomic E-state index is 12.8. The summed E-state index contributed by atoms with van der Waals surface area (Å²) in [5.74, 6) is 0. The average molecular weight is 336 g/mol. The smallest absolute Gasteiger partial charge is 0.206 e. The van der Waals surface area contributed by atoms with Gasteiger partial charge in [0.1, 0.15) is 0 Å². The third-order valence-corrected chi connectivity index (χ3v) is 5.37. The van der Waals surface area contributed by atoms with Crippen molar-refractivity contribution in [3.05, 3.63) is 53.0 Å². The topological polar surface area (TPSA) is 54.4 Å². The number of allylic oxidation sites excluding steroid dienone is 2. The summed E-state index contributed by atoms with van der Waals surface area (Å²) in [6.45, 7) is 6.00. The molecule has 0 saturated heterocycles. The molecule has 0 fully saturated rings. The van der Waals surface area contributed by atoms with Crippen molar-refractivity contribution in [1.29, 1.82) is 0 Å². The predicted octanol–water partition coefficient (Wildman–Crippen LogP) is 4.56. The first kappa shape index (κ1) is 19.7. The first-order valence-electron chi connectivity index (χ1n) is 8.30. The Morgan fingerprint density at radius 2 is 1.83 bits per heavy atom. The van der Waals surface area contributed by atoms with Gasteiger partial charge in [0.15, 0.2) is 0 Å². The summed E-state index contributed by atoms with van der Waals surface area (Å²) in [5.41, 5.74) is 1.01. The summed E-state index contributed by atoms with van der Waals surface area (Å²) in [6, 6.07) is 6.80. The zero-order valence-electron chi connectivity index (χ0n) is 14.3. The van der Waals surface area contributed by atoms with Gasteiger partial charge in [0.25, 0.3) is 0 Å². The van der Waals surface area contributed by atoms with Crippen LogP contribution in [0, 0.1) is 6.92 Å². The summed E-state index contributed by atoms with van der Waals surface area (Å²) in [6.07, 6.45) is 8.38. The zero-order valence-corrected chi connectivity index (χ0v) is 15.1. The highest BCUT2D eigenvalue weighted by molar-refractivity contribution is 7.95. The molecular weight excluding hydrogens is 308 g/mol. The number of aryl methyl sites for hydroxylation is 1. The van der Waals surface area contributed by atoms with E-state index in [1.54, 1.807) is 30.3 Å². The van der Waals surface area contributed by atoms with E-state index >= 15 is 0 Å². The summed E-state index contributed by atoms with van der Waals surface area (Å²) >= 11 is 0. The minimum Gasteiger partial charge on any atom is -0.389 e.